The van der Waals surface area contributed by atoms with Crippen LogP contribution in [0.1, 0.15) is 40.5 Å². The maximum Gasteiger partial charge on any atom is 0.119 e. The minimum absolute atomic E-state index is 0.484. The van der Waals surface area contributed by atoms with E-state index in [4.69, 9.17) is 0 Å². The molecule has 0 amide bonds. The van der Waals surface area contributed by atoms with Crippen LogP contribution in [0.15, 0.2) is 46.6 Å². The minimum atomic E-state index is -1.20. The maximum atomic E-state index is 10.9. The molecule has 18 heavy (non-hydrogen) atoms. The summed E-state index contributed by atoms with van der Waals surface area (Å²) in [5.74, 6) is 0. The average Bonchev–Trinajstić information content (AvgIpc) is 2.11. The third-order valence-corrected chi connectivity index (χ3v) is 3.73. The van der Waals surface area contributed by atoms with Crippen molar-refractivity contribution in [3.05, 3.63) is 46.6 Å². The molecule has 2 rings (SSSR count). The molecule has 0 radical (unpaired) electrons. The van der Waals surface area contributed by atoms with Crippen molar-refractivity contribution in [3.63, 3.8) is 0 Å². The summed E-state index contributed by atoms with van der Waals surface area (Å²) in [7, 11) is 0. The fourth-order valence-electron chi connectivity index (χ4n) is 3.22. The monoisotopic (exact) mass is 246 g/mol. The van der Waals surface area contributed by atoms with Crippen LogP contribution in [0.25, 0.3) is 0 Å². The quantitative estimate of drug-likeness (QED) is 0.746. The van der Waals surface area contributed by atoms with Crippen molar-refractivity contribution in [1.82, 2.24) is 0 Å². The smallest absolute Gasteiger partial charge is 0.119 e. The van der Waals surface area contributed by atoms with E-state index in [9.17, 15) is 10.2 Å². The zero-order valence-electron chi connectivity index (χ0n) is 11.6. The van der Waals surface area contributed by atoms with Gasteiger partial charge in [0, 0.05) is 12.8 Å². The minimum Gasteiger partial charge on any atom is -0.382 e. The average molecular weight is 246 g/mol. The van der Waals surface area contributed by atoms with Crippen LogP contribution in [0.3, 0.4) is 0 Å². The number of hydrogen-bond acceptors (Lipinski definition) is 2. The zero-order valence-corrected chi connectivity index (χ0v) is 11.6. The first kappa shape index (κ1) is 13.3. The topological polar surface area (TPSA) is 40.5 Å². The molecule has 2 N–H and O–H groups in total. The summed E-state index contributed by atoms with van der Waals surface area (Å²) in [6.45, 7) is 7.90. The number of aliphatic hydroxyl groups is 2. The number of rotatable bonds is 1. The van der Waals surface area contributed by atoms with E-state index in [1.807, 2.05) is 27.7 Å². The van der Waals surface area contributed by atoms with Gasteiger partial charge in [-0.3, -0.25) is 0 Å². The fraction of sp³-hybridized carbons (Fsp3) is 0.500. The van der Waals surface area contributed by atoms with Crippen molar-refractivity contribution in [2.75, 3.05) is 0 Å². The maximum absolute atomic E-state index is 10.9. The van der Waals surface area contributed by atoms with Crippen LogP contribution in [-0.4, -0.2) is 21.4 Å². The van der Waals surface area contributed by atoms with Crippen molar-refractivity contribution in [2.45, 2.75) is 51.7 Å². The lowest BCUT2D eigenvalue weighted by Crippen LogP contribution is -2.53. The normalized spacial score (nSPS) is 36.6. The Morgan fingerprint density at radius 3 is 1.39 bits per heavy atom. The Balaban J connectivity index is 2.43. The summed E-state index contributed by atoms with van der Waals surface area (Å²) in [5, 5.41) is 21.8. The van der Waals surface area contributed by atoms with E-state index in [0.29, 0.717) is 12.8 Å². The summed E-state index contributed by atoms with van der Waals surface area (Å²) in [4.78, 5) is 0. The van der Waals surface area contributed by atoms with Crippen LogP contribution in [0.5, 0.6) is 0 Å². The highest BCUT2D eigenvalue weighted by molar-refractivity contribution is 5.41. The van der Waals surface area contributed by atoms with Crippen LogP contribution >= 0.6 is 0 Å². The van der Waals surface area contributed by atoms with E-state index in [1.165, 1.54) is 0 Å². The Hall–Kier alpha value is -1.12. The van der Waals surface area contributed by atoms with Crippen LogP contribution in [-0.2, 0) is 0 Å². The van der Waals surface area contributed by atoms with Gasteiger partial charge in [-0.2, -0.15) is 0 Å². The van der Waals surface area contributed by atoms with Crippen LogP contribution in [0.4, 0.5) is 0 Å². The Morgan fingerprint density at radius 2 is 1.11 bits per heavy atom. The van der Waals surface area contributed by atoms with Crippen molar-refractivity contribution < 1.29 is 10.2 Å². The lowest BCUT2D eigenvalue weighted by atomic mass is 9.70. The van der Waals surface area contributed by atoms with Gasteiger partial charge in [0.1, 0.15) is 11.2 Å². The van der Waals surface area contributed by atoms with Gasteiger partial charge in [0.15, 0.2) is 0 Å². The van der Waals surface area contributed by atoms with E-state index < -0.39 is 11.2 Å². The molecular formula is C16H22O2. The van der Waals surface area contributed by atoms with Crippen molar-refractivity contribution in [3.8, 4) is 0 Å². The third kappa shape index (κ3) is 2.23. The summed E-state index contributed by atoms with van der Waals surface area (Å²) in [6, 6.07) is 0. The Labute approximate surface area is 109 Å². The highest BCUT2D eigenvalue weighted by atomic mass is 16.4. The second-order valence-electron chi connectivity index (χ2n) is 5.96. The Bertz CT molecular complexity index is 447. The molecule has 0 aromatic heterocycles. The third-order valence-electron chi connectivity index (χ3n) is 3.73. The molecule has 0 bridgehead atoms. The second kappa shape index (κ2) is 4.22. The molecule has 2 heteroatoms. The van der Waals surface area contributed by atoms with Crippen molar-refractivity contribution in [2.24, 2.45) is 0 Å². The summed E-state index contributed by atoms with van der Waals surface area (Å²) >= 11 is 0. The van der Waals surface area contributed by atoms with Gasteiger partial charge in [0.25, 0.3) is 0 Å². The van der Waals surface area contributed by atoms with Gasteiger partial charge in [-0.25, -0.2) is 0 Å². The molecule has 98 valence electrons. The van der Waals surface area contributed by atoms with Gasteiger partial charge in [-0.05, 0) is 39.8 Å². The highest BCUT2D eigenvalue weighted by Gasteiger charge is 2.48. The largest absolute Gasteiger partial charge is 0.382 e. The molecule has 2 atom stereocenters. The van der Waals surface area contributed by atoms with Crippen molar-refractivity contribution in [1.29, 1.82) is 0 Å². The predicted octanol–water partition coefficient (Wildman–Crippen LogP) is 3.04. The number of hydrogen-bond donors (Lipinski definition) is 2. The molecule has 2 aliphatic carbocycles. The fourth-order valence-corrected chi connectivity index (χ4v) is 3.22. The van der Waals surface area contributed by atoms with Gasteiger partial charge < -0.3 is 10.2 Å². The lowest BCUT2D eigenvalue weighted by Gasteiger charge is -2.44. The van der Waals surface area contributed by atoms with Gasteiger partial charge in [0.2, 0.25) is 0 Å². The first-order valence-corrected chi connectivity index (χ1v) is 6.42. The molecule has 0 spiro atoms. The summed E-state index contributed by atoms with van der Waals surface area (Å²) in [5.41, 5.74) is 1.81. The molecule has 0 saturated heterocycles. The Morgan fingerprint density at radius 1 is 0.778 bits per heavy atom. The molecule has 0 heterocycles. The number of allylic oxidation sites excluding steroid dienone is 4. The molecular weight excluding hydrogens is 224 g/mol. The van der Waals surface area contributed by atoms with Gasteiger partial charge in [-0.15, -0.1) is 0 Å². The van der Waals surface area contributed by atoms with E-state index in [1.54, 1.807) is 12.2 Å². The van der Waals surface area contributed by atoms with Crippen LogP contribution < -0.4 is 0 Å². The van der Waals surface area contributed by atoms with E-state index in [2.05, 4.69) is 12.2 Å². The molecule has 2 nitrogen and oxygen atoms in total. The Kier molecular flexibility index (Phi) is 3.12. The molecule has 2 aliphatic rings. The molecule has 0 aromatic rings. The van der Waals surface area contributed by atoms with Crippen molar-refractivity contribution >= 4 is 0 Å². The van der Waals surface area contributed by atoms with Gasteiger partial charge >= 0.3 is 0 Å². The highest BCUT2D eigenvalue weighted by Crippen LogP contribution is 2.42. The molecule has 2 unspecified atom stereocenters. The van der Waals surface area contributed by atoms with Gasteiger partial charge in [-0.1, -0.05) is 34.4 Å². The zero-order chi connectivity index (χ0) is 13.6. The first-order valence-electron chi connectivity index (χ1n) is 6.42. The van der Waals surface area contributed by atoms with E-state index in [-0.39, 0.29) is 0 Å². The summed E-state index contributed by atoms with van der Waals surface area (Å²) < 4.78 is 0. The summed E-state index contributed by atoms with van der Waals surface area (Å²) in [6.07, 6.45) is 8.67. The standard InChI is InChI=1S/C16H22O2/c1-11-5-12(2)8-15(17,7-11)16(18)9-13(3)6-14(4)10-16/h5-7,9,17-18H,8,10H2,1-4H3. The van der Waals surface area contributed by atoms with Crippen LogP contribution in [0.2, 0.25) is 0 Å². The SMILES string of the molecule is CC1=CC(O)(C2(O)C=C(C)C=C(C)C2)CC(C)=C1. The predicted molar refractivity (Wildman–Crippen MR) is 74.2 cm³/mol. The molecule has 0 fully saturated rings. The molecule has 0 aromatic carbocycles. The lowest BCUT2D eigenvalue weighted by molar-refractivity contribution is -0.0930. The molecule has 0 aliphatic heterocycles. The molecule has 0 saturated carbocycles. The second-order valence-corrected chi connectivity index (χ2v) is 5.96. The van der Waals surface area contributed by atoms with Gasteiger partial charge in [0.05, 0.1) is 0 Å². The van der Waals surface area contributed by atoms with E-state index >= 15 is 0 Å². The van der Waals surface area contributed by atoms with E-state index in [0.717, 1.165) is 22.3 Å². The first-order chi connectivity index (χ1) is 8.24. The van der Waals surface area contributed by atoms with Crippen LogP contribution in [0, 0.1) is 0 Å².